The topological polar surface area (TPSA) is 73.1 Å². The number of hydrogen-bond donors (Lipinski definition) is 0. The summed E-state index contributed by atoms with van der Waals surface area (Å²) in [6, 6.07) is 3.60. The van der Waals surface area contributed by atoms with Gasteiger partial charge in [0.1, 0.15) is 11.8 Å². The van der Waals surface area contributed by atoms with E-state index in [0.717, 1.165) is 0 Å². The molecule has 0 aliphatic heterocycles. The van der Waals surface area contributed by atoms with Crippen LogP contribution in [-0.2, 0) is 4.79 Å². The Kier molecular flexibility index (Phi) is 5.24. The highest BCUT2D eigenvalue weighted by Gasteiger charge is 2.15. The molecule has 0 N–H and O–H groups in total. The van der Waals surface area contributed by atoms with Crippen molar-refractivity contribution in [1.29, 1.82) is 5.26 Å². The van der Waals surface area contributed by atoms with Crippen LogP contribution >= 0.6 is 0 Å². The molecule has 1 amide bonds. The molecule has 1 aromatic rings. The molecular weight excluding hydrogens is 242 g/mol. The Labute approximate surface area is 113 Å². The minimum Gasteiger partial charge on any atom is -0.342 e. The standard InChI is InChI=1S/C13H19N5O/c1-5-18(6-2)12(19)9-17(4)13-15-10(3)7-11(8-14)16-13/h7H,5-6,9H2,1-4H3. The molecule has 0 aliphatic rings. The Balaban J connectivity index is 2.84. The first-order valence-electron chi connectivity index (χ1n) is 6.26. The lowest BCUT2D eigenvalue weighted by Crippen LogP contribution is -2.39. The van der Waals surface area contributed by atoms with Crippen molar-refractivity contribution < 1.29 is 4.79 Å². The van der Waals surface area contributed by atoms with Crippen LogP contribution in [0.3, 0.4) is 0 Å². The van der Waals surface area contributed by atoms with Gasteiger partial charge in [-0.05, 0) is 26.8 Å². The summed E-state index contributed by atoms with van der Waals surface area (Å²) in [5, 5.41) is 8.88. The highest BCUT2D eigenvalue weighted by atomic mass is 16.2. The second kappa shape index (κ2) is 6.69. The maximum absolute atomic E-state index is 12.0. The third kappa shape index (κ3) is 3.91. The van der Waals surface area contributed by atoms with E-state index < -0.39 is 0 Å². The number of nitrogens with zero attached hydrogens (tertiary/aromatic N) is 5. The smallest absolute Gasteiger partial charge is 0.242 e. The molecule has 0 atom stereocenters. The third-order valence-corrected chi connectivity index (χ3v) is 2.79. The first kappa shape index (κ1) is 14.9. The minimum atomic E-state index is 0.0242. The van der Waals surface area contributed by atoms with Crippen LogP contribution in [-0.4, -0.2) is 47.5 Å². The number of aromatic nitrogens is 2. The van der Waals surface area contributed by atoms with Crippen LogP contribution in [0, 0.1) is 18.3 Å². The van der Waals surface area contributed by atoms with E-state index in [9.17, 15) is 4.79 Å². The summed E-state index contributed by atoms with van der Waals surface area (Å²) in [5.74, 6) is 0.424. The zero-order chi connectivity index (χ0) is 14.4. The highest BCUT2D eigenvalue weighted by Crippen LogP contribution is 2.08. The molecule has 0 fully saturated rings. The van der Waals surface area contributed by atoms with Crippen LogP contribution in [0.25, 0.3) is 0 Å². The average Bonchev–Trinajstić information content (AvgIpc) is 2.39. The molecule has 0 aliphatic carbocycles. The summed E-state index contributed by atoms with van der Waals surface area (Å²) in [6.07, 6.45) is 0. The van der Waals surface area contributed by atoms with Crippen molar-refractivity contribution in [3.63, 3.8) is 0 Å². The van der Waals surface area contributed by atoms with Crippen molar-refractivity contribution >= 4 is 11.9 Å². The summed E-state index contributed by atoms with van der Waals surface area (Å²) in [6.45, 7) is 7.25. The van der Waals surface area contributed by atoms with Crippen LogP contribution < -0.4 is 4.90 Å². The normalized spacial score (nSPS) is 9.84. The zero-order valence-electron chi connectivity index (χ0n) is 11.8. The fourth-order valence-electron chi connectivity index (χ4n) is 1.73. The Bertz CT molecular complexity index is 490. The van der Waals surface area contributed by atoms with Crippen LogP contribution in [0.5, 0.6) is 0 Å². The van der Waals surface area contributed by atoms with Gasteiger partial charge in [0.2, 0.25) is 11.9 Å². The quantitative estimate of drug-likeness (QED) is 0.789. The molecule has 6 heteroatoms. The molecule has 1 heterocycles. The van der Waals surface area contributed by atoms with Gasteiger partial charge in [-0.1, -0.05) is 0 Å². The predicted molar refractivity (Wildman–Crippen MR) is 72.7 cm³/mol. The van der Waals surface area contributed by atoms with E-state index in [0.29, 0.717) is 30.4 Å². The molecule has 102 valence electrons. The van der Waals surface area contributed by atoms with Crippen molar-refractivity contribution in [2.24, 2.45) is 0 Å². The van der Waals surface area contributed by atoms with Crippen LogP contribution in [0.4, 0.5) is 5.95 Å². The summed E-state index contributed by atoms with van der Waals surface area (Å²) in [4.78, 5) is 23.7. The van der Waals surface area contributed by atoms with Gasteiger partial charge >= 0.3 is 0 Å². The molecule has 19 heavy (non-hydrogen) atoms. The van der Waals surface area contributed by atoms with Crippen molar-refractivity contribution in [1.82, 2.24) is 14.9 Å². The Hall–Kier alpha value is -2.16. The van der Waals surface area contributed by atoms with Gasteiger partial charge in [0, 0.05) is 25.8 Å². The molecule has 0 saturated carbocycles. The number of carbonyl (C=O) groups excluding carboxylic acids is 1. The lowest BCUT2D eigenvalue weighted by Gasteiger charge is -2.23. The monoisotopic (exact) mass is 261 g/mol. The van der Waals surface area contributed by atoms with Gasteiger partial charge < -0.3 is 9.80 Å². The van der Waals surface area contributed by atoms with E-state index in [-0.39, 0.29) is 12.5 Å². The molecule has 0 aromatic carbocycles. The predicted octanol–water partition coefficient (Wildman–Crippen LogP) is 0.961. The van der Waals surface area contributed by atoms with E-state index in [4.69, 9.17) is 5.26 Å². The first-order valence-corrected chi connectivity index (χ1v) is 6.26. The average molecular weight is 261 g/mol. The molecule has 0 spiro atoms. The number of anilines is 1. The van der Waals surface area contributed by atoms with Gasteiger partial charge in [-0.15, -0.1) is 0 Å². The molecular formula is C13H19N5O. The van der Waals surface area contributed by atoms with Crippen LogP contribution in [0.1, 0.15) is 25.2 Å². The Morgan fingerprint density at radius 2 is 2.00 bits per heavy atom. The molecule has 0 bridgehead atoms. The summed E-state index contributed by atoms with van der Waals surface area (Å²) < 4.78 is 0. The maximum atomic E-state index is 12.0. The van der Waals surface area contributed by atoms with Crippen molar-refractivity contribution in [2.45, 2.75) is 20.8 Å². The second-order valence-electron chi connectivity index (χ2n) is 4.23. The van der Waals surface area contributed by atoms with Crippen LogP contribution in [0.15, 0.2) is 6.07 Å². The van der Waals surface area contributed by atoms with Gasteiger partial charge in [-0.3, -0.25) is 4.79 Å². The Morgan fingerprint density at radius 3 is 2.53 bits per heavy atom. The van der Waals surface area contributed by atoms with E-state index in [1.807, 2.05) is 19.9 Å². The highest BCUT2D eigenvalue weighted by molar-refractivity contribution is 5.80. The summed E-state index contributed by atoms with van der Waals surface area (Å²) in [5.41, 5.74) is 1.02. The lowest BCUT2D eigenvalue weighted by molar-refractivity contribution is -0.129. The van der Waals surface area contributed by atoms with Gasteiger partial charge in [0.25, 0.3) is 0 Å². The first-order chi connectivity index (χ1) is 9.01. The fraction of sp³-hybridized carbons (Fsp3) is 0.538. The van der Waals surface area contributed by atoms with Crippen molar-refractivity contribution in [3.8, 4) is 6.07 Å². The van der Waals surface area contributed by atoms with Gasteiger partial charge in [-0.25, -0.2) is 9.97 Å². The van der Waals surface area contributed by atoms with Gasteiger partial charge in [-0.2, -0.15) is 5.26 Å². The molecule has 0 unspecified atom stereocenters. The SMILES string of the molecule is CCN(CC)C(=O)CN(C)c1nc(C)cc(C#N)n1. The Morgan fingerprint density at radius 1 is 1.37 bits per heavy atom. The number of hydrogen-bond acceptors (Lipinski definition) is 5. The minimum absolute atomic E-state index is 0.0242. The van der Waals surface area contributed by atoms with Crippen molar-refractivity contribution in [2.75, 3.05) is 31.6 Å². The molecule has 1 aromatic heterocycles. The van der Waals surface area contributed by atoms with Crippen molar-refractivity contribution in [3.05, 3.63) is 17.5 Å². The largest absolute Gasteiger partial charge is 0.342 e. The van der Waals surface area contributed by atoms with E-state index >= 15 is 0 Å². The summed E-state index contributed by atoms with van der Waals surface area (Å²) >= 11 is 0. The number of likely N-dealkylation sites (N-methyl/N-ethyl adjacent to an activating group) is 2. The number of carbonyl (C=O) groups is 1. The maximum Gasteiger partial charge on any atom is 0.242 e. The third-order valence-electron chi connectivity index (χ3n) is 2.79. The van der Waals surface area contributed by atoms with E-state index in [1.165, 1.54) is 0 Å². The zero-order valence-corrected chi connectivity index (χ0v) is 11.8. The number of amides is 1. The summed E-state index contributed by atoms with van der Waals surface area (Å²) in [7, 11) is 1.75. The molecule has 1 rings (SSSR count). The van der Waals surface area contributed by atoms with Gasteiger partial charge in [0.05, 0.1) is 6.54 Å². The van der Waals surface area contributed by atoms with Gasteiger partial charge in [0.15, 0.2) is 0 Å². The van der Waals surface area contributed by atoms with E-state index in [2.05, 4.69) is 9.97 Å². The second-order valence-corrected chi connectivity index (χ2v) is 4.23. The number of nitriles is 1. The number of rotatable bonds is 5. The van der Waals surface area contributed by atoms with Crippen LogP contribution in [0.2, 0.25) is 0 Å². The van der Waals surface area contributed by atoms with E-state index in [1.54, 1.807) is 29.8 Å². The molecule has 6 nitrogen and oxygen atoms in total. The molecule has 0 saturated heterocycles. The fourth-order valence-corrected chi connectivity index (χ4v) is 1.73. The molecule has 0 radical (unpaired) electrons. The lowest BCUT2D eigenvalue weighted by atomic mass is 10.3. The number of aryl methyl sites for hydroxylation is 1.